The zero-order chi connectivity index (χ0) is 15.0. The molecule has 0 aliphatic carbocycles. The molecule has 0 rings (SSSR count). The van der Waals surface area contributed by atoms with Crippen LogP contribution in [0.2, 0.25) is 0 Å². The maximum Gasteiger partial charge on any atom is 0.326 e. The summed E-state index contributed by atoms with van der Waals surface area (Å²) in [5.41, 5.74) is 0. The Bertz CT molecular complexity index is 334. The van der Waals surface area contributed by atoms with E-state index in [2.05, 4.69) is 10.6 Å². The van der Waals surface area contributed by atoms with Crippen LogP contribution in [0.3, 0.4) is 0 Å². The average Bonchev–Trinajstić information content (AvgIpc) is 2.26. The maximum absolute atomic E-state index is 11.5. The predicted molar refractivity (Wildman–Crippen MR) is 75.6 cm³/mol. The SMILES string of the molecule is CC(C)C[C@H](NC(=O)NCCC(C)S(C)=O)C(=O)O. The molecule has 6 nitrogen and oxygen atoms in total. The van der Waals surface area contributed by atoms with Gasteiger partial charge in [0.1, 0.15) is 6.04 Å². The fraction of sp³-hybridized carbons (Fsp3) is 0.833. The van der Waals surface area contributed by atoms with Crippen molar-refractivity contribution < 1.29 is 18.9 Å². The van der Waals surface area contributed by atoms with Gasteiger partial charge in [0.15, 0.2) is 0 Å². The molecule has 0 aromatic rings. The minimum absolute atomic E-state index is 0.00577. The smallest absolute Gasteiger partial charge is 0.326 e. The van der Waals surface area contributed by atoms with Crippen molar-refractivity contribution in [2.24, 2.45) is 5.92 Å². The van der Waals surface area contributed by atoms with Crippen molar-refractivity contribution in [2.45, 2.75) is 44.9 Å². The van der Waals surface area contributed by atoms with E-state index in [4.69, 9.17) is 5.11 Å². The molecule has 0 heterocycles. The van der Waals surface area contributed by atoms with Gasteiger partial charge >= 0.3 is 12.0 Å². The topological polar surface area (TPSA) is 95.5 Å². The Hall–Kier alpha value is -1.11. The van der Waals surface area contributed by atoms with Crippen LogP contribution >= 0.6 is 0 Å². The number of carbonyl (C=O) groups is 2. The lowest BCUT2D eigenvalue weighted by Gasteiger charge is -2.17. The first kappa shape index (κ1) is 17.9. The van der Waals surface area contributed by atoms with Gasteiger partial charge in [-0.1, -0.05) is 20.8 Å². The minimum atomic E-state index is -1.04. The van der Waals surface area contributed by atoms with Crippen molar-refractivity contribution in [1.82, 2.24) is 10.6 Å². The largest absolute Gasteiger partial charge is 0.480 e. The number of carbonyl (C=O) groups excluding carboxylic acids is 1. The van der Waals surface area contributed by atoms with Gasteiger partial charge in [0, 0.05) is 28.9 Å². The summed E-state index contributed by atoms with van der Waals surface area (Å²) < 4.78 is 11.1. The summed E-state index contributed by atoms with van der Waals surface area (Å²) >= 11 is 0. The quantitative estimate of drug-likeness (QED) is 0.620. The number of aliphatic carboxylic acids is 1. The minimum Gasteiger partial charge on any atom is -0.480 e. The molecule has 3 N–H and O–H groups in total. The molecule has 2 unspecified atom stereocenters. The first-order valence-electron chi connectivity index (χ1n) is 6.33. The number of hydrogen-bond acceptors (Lipinski definition) is 3. The Morgan fingerprint density at radius 1 is 1.26 bits per heavy atom. The second-order valence-corrected chi connectivity index (χ2v) is 6.82. The van der Waals surface area contributed by atoms with Crippen LogP contribution in [-0.4, -0.2) is 45.4 Å². The third kappa shape index (κ3) is 8.58. The second-order valence-electron chi connectivity index (χ2n) is 5.02. The van der Waals surface area contributed by atoms with Gasteiger partial charge in [-0.25, -0.2) is 9.59 Å². The molecular formula is C12H24N2O4S. The normalized spacial score (nSPS) is 15.6. The lowest BCUT2D eigenvalue weighted by atomic mass is 10.0. The van der Waals surface area contributed by atoms with E-state index < -0.39 is 28.8 Å². The molecule has 0 fully saturated rings. The van der Waals surface area contributed by atoms with Crippen LogP contribution in [0.25, 0.3) is 0 Å². The molecule has 0 aromatic carbocycles. The van der Waals surface area contributed by atoms with E-state index in [0.717, 1.165) is 0 Å². The van der Waals surface area contributed by atoms with E-state index in [1.54, 1.807) is 6.26 Å². The van der Waals surface area contributed by atoms with Gasteiger partial charge in [0.2, 0.25) is 0 Å². The van der Waals surface area contributed by atoms with Crippen molar-refractivity contribution in [3.63, 3.8) is 0 Å². The van der Waals surface area contributed by atoms with Crippen molar-refractivity contribution in [1.29, 1.82) is 0 Å². The monoisotopic (exact) mass is 292 g/mol. The van der Waals surface area contributed by atoms with Crippen molar-refractivity contribution in [3.8, 4) is 0 Å². The highest BCUT2D eigenvalue weighted by Crippen LogP contribution is 2.04. The molecule has 0 aliphatic rings. The molecule has 0 aromatic heterocycles. The lowest BCUT2D eigenvalue weighted by molar-refractivity contribution is -0.139. The van der Waals surface area contributed by atoms with Crippen LogP contribution in [0.1, 0.15) is 33.6 Å². The molecule has 2 amide bonds. The highest BCUT2D eigenvalue weighted by Gasteiger charge is 2.20. The maximum atomic E-state index is 11.5. The Morgan fingerprint density at radius 3 is 2.26 bits per heavy atom. The summed E-state index contributed by atoms with van der Waals surface area (Å²) in [4.78, 5) is 22.5. The summed E-state index contributed by atoms with van der Waals surface area (Å²) in [6.07, 6.45) is 2.60. The Balaban J connectivity index is 4.07. The van der Waals surface area contributed by atoms with Gasteiger partial charge in [-0.15, -0.1) is 0 Å². The summed E-state index contributed by atoms with van der Waals surface area (Å²) in [6.45, 7) is 6.01. The number of carboxylic acid groups (broad SMARTS) is 1. The van der Waals surface area contributed by atoms with Crippen LogP contribution in [0.5, 0.6) is 0 Å². The molecule has 0 radical (unpaired) electrons. The van der Waals surface area contributed by atoms with Crippen LogP contribution in [-0.2, 0) is 15.6 Å². The predicted octanol–water partition coefficient (Wildman–Crippen LogP) is 0.942. The molecule has 112 valence electrons. The molecule has 7 heteroatoms. The third-order valence-corrected chi connectivity index (χ3v) is 4.08. The highest BCUT2D eigenvalue weighted by molar-refractivity contribution is 7.84. The molecular weight excluding hydrogens is 268 g/mol. The van der Waals surface area contributed by atoms with E-state index in [1.807, 2.05) is 20.8 Å². The molecule has 19 heavy (non-hydrogen) atoms. The van der Waals surface area contributed by atoms with Gasteiger partial charge in [0.25, 0.3) is 0 Å². The number of hydrogen-bond donors (Lipinski definition) is 3. The van der Waals surface area contributed by atoms with E-state index in [0.29, 0.717) is 19.4 Å². The third-order valence-electron chi connectivity index (χ3n) is 2.71. The second kappa shape index (κ2) is 8.90. The summed E-state index contributed by atoms with van der Waals surface area (Å²) in [5.74, 6) is -0.851. The number of urea groups is 1. The Labute approximate surface area is 116 Å². The van der Waals surface area contributed by atoms with E-state index in [1.165, 1.54) is 0 Å². The summed E-state index contributed by atoms with van der Waals surface area (Å²) in [7, 11) is -0.917. The highest BCUT2D eigenvalue weighted by atomic mass is 32.2. The number of amides is 2. The lowest BCUT2D eigenvalue weighted by Crippen LogP contribution is -2.47. The zero-order valence-corrected chi connectivity index (χ0v) is 12.8. The zero-order valence-electron chi connectivity index (χ0n) is 11.9. The van der Waals surface area contributed by atoms with Gasteiger partial charge in [-0.2, -0.15) is 0 Å². The molecule has 3 atom stereocenters. The van der Waals surface area contributed by atoms with Crippen LogP contribution < -0.4 is 10.6 Å². The van der Waals surface area contributed by atoms with Gasteiger partial charge < -0.3 is 15.7 Å². The molecule has 0 aliphatic heterocycles. The van der Waals surface area contributed by atoms with Crippen molar-refractivity contribution in [3.05, 3.63) is 0 Å². The van der Waals surface area contributed by atoms with Crippen LogP contribution in [0, 0.1) is 5.92 Å². The Morgan fingerprint density at radius 2 is 1.84 bits per heavy atom. The van der Waals surface area contributed by atoms with E-state index in [9.17, 15) is 13.8 Å². The van der Waals surface area contributed by atoms with Crippen LogP contribution in [0.4, 0.5) is 4.79 Å². The van der Waals surface area contributed by atoms with Gasteiger partial charge in [0.05, 0.1) is 0 Å². The molecule has 0 spiro atoms. The van der Waals surface area contributed by atoms with E-state index in [-0.39, 0.29) is 11.2 Å². The number of carboxylic acids is 1. The first-order valence-corrected chi connectivity index (χ1v) is 7.95. The molecule has 0 saturated carbocycles. The number of rotatable bonds is 8. The summed E-state index contributed by atoms with van der Waals surface area (Å²) in [6, 6.07) is -1.38. The average molecular weight is 292 g/mol. The van der Waals surface area contributed by atoms with Gasteiger partial charge in [-0.05, 0) is 18.8 Å². The summed E-state index contributed by atoms with van der Waals surface area (Å²) in [5, 5.41) is 14.0. The van der Waals surface area contributed by atoms with Crippen molar-refractivity contribution in [2.75, 3.05) is 12.8 Å². The van der Waals surface area contributed by atoms with Crippen LogP contribution in [0.15, 0.2) is 0 Å². The fourth-order valence-electron chi connectivity index (χ4n) is 1.46. The molecule has 0 bridgehead atoms. The fourth-order valence-corrected chi connectivity index (χ4v) is 1.91. The standard InChI is InChI=1S/C12H24N2O4S/c1-8(2)7-10(11(15)16)14-12(17)13-6-5-9(3)19(4)18/h8-10H,5-7H2,1-4H3,(H,15,16)(H2,13,14,17)/t9?,10-,19?/m0/s1. The van der Waals surface area contributed by atoms with Crippen molar-refractivity contribution >= 4 is 22.8 Å². The number of nitrogens with one attached hydrogen (secondary N) is 2. The Kier molecular flexibility index (Phi) is 8.38. The molecule has 0 saturated heterocycles. The first-order chi connectivity index (χ1) is 8.73. The van der Waals surface area contributed by atoms with Gasteiger partial charge in [-0.3, -0.25) is 4.21 Å². The van der Waals surface area contributed by atoms with E-state index >= 15 is 0 Å².